The highest BCUT2D eigenvalue weighted by Crippen LogP contribution is 2.23. The van der Waals surface area contributed by atoms with Crippen LogP contribution in [0.4, 0.5) is 5.69 Å². The number of aryl methyl sites for hydroxylation is 1. The summed E-state index contributed by atoms with van der Waals surface area (Å²) >= 11 is 0. The summed E-state index contributed by atoms with van der Waals surface area (Å²) in [6.45, 7) is 1.74. The number of nitrogens with zero attached hydrogens (tertiary/aromatic N) is 4. The molecule has 1 atom stereocenters. The van der Waals surface area contributed by atoms with E-state index < -0.39 is 9.73 Å². The number of hydrogen-bond donors (Lipinski definition) is 0. The monoisotopic (exact) mass is 314 g/mol. The SMILES string of the molecule is Cc1nc(-c2ccc(N=S(C)(=O)c3ccncc3)cc2)no1. The Morgan fingerprint density at radius 3 is 2.36 bits per heavy atom. The van der Waals surface area contributed by atoms with E-state index in [-0.39, 0.29) is 0 Å². The molecule has 2 heterocycles. The molecule has 3 aromatic rings. The molecule has 3 rings (SSSR count). The van der Waals surface area contributed by atoms with E-state index in [1.54, 1.807) is 49.8 Å². The molecule has 0 radical (unpaired) electrons. The summed E-state index contributed by atoms with van der Waals surface area (Å²) in [5.41, 5.74) is 1.45. The van der Waals surface area contributed by atoms with Crippen molar-refractivity contribution in [3.8, 4) is 11.4 Å². The van der Waals surface area contributed by atoms with E-state index in [4.69, 9.17) is 4.52 Å². The third-order valence-corrected chi connectivity index (χ3v) is 4.73. The largest absolute Gasteiger partial charge is 0.339 e. The molecule has 112 valence electrons. The Hall–Kier alpha value is -2.54. The van der Waals surface area contributed by atoms with Gasteiger partial charge in [0.05, 0.1) is 20.3 Å². The smallest absolute Gasteiger partial charge is 0.223 e. The predicted molar refractivity (Wildman–Crippen MR) is 83.1 cm³/mol. The zero-order chi connectivity index (χ0) is 15.6. The van der Waals surface area contributed by atoms with Crippen LogP contribution in [0.5, 0.6) is 0 Å². The third-order valence-electron chi connectivity index (χ3n) is 3.02. The van der Waals surface area contributed by atoms with Crippen molar-refractivity contribution in [2.45, 2.75) is 11.8 Å². The van der Waals surface area contributed by atoms with Crippen LogP contribution in [0, 0.1) is 6.92 Å². The van der Waals surface area contributed by atoms with Crippen molar-refractivity contribution in [1.29, 1.82) is 0 Å². The highest BCUT2D eigenvalue weighted by atomic mass is 32.2. The molecule has 1 unspecified atom stereocenters. The molecular formula is C15H14N4O2S. The Morgan fingerprint density at radius 2 is 1.77 bits per heavy atom. The summed E-state index contributed by atoms with van der Waals surface area (Å²) in [4.78, 5) is 8.74. The van der Waals surface area contributed by atoms with Gasteiger partial charge in [-0.25, -0.2) is 4.21 Å². The average molecular weight is 314 g/mol. The van der Waals surface area contributed by atoms with Crippen LogP contribution in [0.3, 0.4) is 0 Å². The van der Waals surface area contributed by atoms with Crippen molar-refractivity contribution >= 4 is 15.4 Å². The van der Waals surface area contributed by atoms with Crippen molar-refractivity contribution in [3.05, 3.63) is 54.7 Å². The second-order valence-electron chi connectivity index (χ2n) is 4.76. The number of pyridine rings is 1. The van der Waals surface area contributed by atoms with Crippen LogP contribution in [0.2, 0.25) is 0 Å². The van der Waals surface area contributed by atoms with E-state index in [0.29, 0.717) is 22.3 Å². The first-order chi connectivity index (χ1) is 10.5. The Kier molecular flexibility index (Phi) is 3.72. The van der Waals surface area contributed by atoms with Crippen molar-refractivity contribution in [2.24, 2.45) is 4.36 Å². The molecule has 7 heteroatoms. The Balaban J connectivity index is 1.93. The molecule has 22 heavy (non-hydrogen) atoms. The van der Waals surface area contributed by atoms with Gasteiger partial charge < -0.3 is 4.52 Å². The molecule has 0 saturated carbocycles. The lowest BCUT2D eigenvalue weighted by Gasteiger charge is -2.04. The van der Waals surface area contributed by atoms with Crippen LogP contribution < -0.4 is 0 Å². The number of rotatable bonds is 3. The van der Waals surface area contributed by atoms with Gasteiger partial charge in [-0.15, -0.1) is 0 Å². The standard InChI is InChI=1S/C15H14N4O2S/c1-11-17-15(18-21-11)12-3-5-13(6-4-12)19-22(2,20)14-7-9-16-10-8-14/h3-10H,1-2H3. The molecule has 6 nitrogen and oxygen atoms in total. The average Bonchev–Trinajstić information content (AvgIpc) is 2.95. The lowest BCUT2D eigenvalue weighted by molar-refractivity contribution is 0.394. The molecule has 0 aliphatic rings. The van der Waals surface area contributed by atoms with Crippen LogP contribution in [0.1, 0.15) is 5.89 Å². The first kappa shape index (κ1) is 14.4. The fourth-order valence-corrected chi connectivity index (χ4v) is 3.19. The Bertz CT molecular complexity index is 895. The van der Waals surface area contributed by atoms with Crippen molar-refractivity contribution in [2.75, 3.05) is 6.26 Å². The van der Waals surface area contributed by atoms with E-state index in [2.05, 4.69) is 19.5 Å². The molecule has 1 aromatic carbocycles. The van der Waals surface area contributed by atoms with Crippen molar-refractivity contribution in [1.82, 2.24) is 15.1 Å². The number of aromatic nitrogens is 3. The zero-order valence-electron chi connectivity index (χ0n) is 12.1. The van der Waals surface area contributed by atoms with Gasteiger partial charge in [-0.2, -0.15) is 9.35 Å². The quantitative estimate of drug-likeness (QED) is 0.741. The van der Waals surface area contributed by atoms with E-state index >= 15 is 0 Å². The van der Waals surface area contributed by atoms with Gasteiger partial charge in [-0.3, -0.25) is 4.98 Å². The lowest BCUT2D eigenvalue weighted by atomic mass is 10.2. The highest BCUT2D eigenvalue weighted by Gasteiger charge is 2.08. The molecule has 0 bridgehead atoms. The second kappa shape index (κ2) is 5.69. The normalized spacial score (nSPS) is 13.5. The molecule has 0 aliphatic carbocycles. The van der Waals surface area contributed by atoms with Crippen LogP contribution in [-0.4, -0.2) is 25.6 Å². The summed E-state index contributed by atoms with van der Waals surface area (Å²) in [6.07, 6.45) is 4.82. The lowest BCUT2D eigenvalue weighted by Crippen LogP contribution is -1.96. The topological polar surface area (TPSA) is 81.2 Å². The van der Waals surface area contributed by atoms with Gasteiger partial charge >= 0.3 is 0 Å². The van der Waals surface area contributed by atoms with Gasteiger partial charge in [0.2, 0.25) is 11.7 Å². The van der Waals surface area contributed by atoms with Gasteiger partial charge in [-0.05, 0) is 36.4 Å². The minimum Gasteiger partial charge on any atom is -0.339 e. The third kappa shape index (κ3) is 3.04. The summed E-state index contributed by atoms with van der Waals surface area (Å²) < 4.78 is 22.0. The molecule has 0 aliphatic heterocycles. The maximum atomic E-state index is 12.7. The van der Waals surface area contributed by atoms with Gasteiger partial charge in [0.15, 0.2) is 0 Å². The molecular weight excluding hydrogens is 300 g/mol. The zero-order valence-corrected chi connectivity index (χ0v) is 12.9. The van der Waals surface area contributed by atoms with Gasteiger partial charge in [0, 0.05) is 31.1 Å². The first-order valence-corrected chi connectivity index (χ1v) is 8.50. The number of hydrogen-bond acceptors (Lipinski definition) is 6. The van der Waals surface area contributed by atoms with Gasteiger partial charge in [-0.1, -0.05) is 5.16 Å². The van der Waals surface area contributed by atoms with Crippen molar-refractivity contribution < 1.29 is 8.73 Å². The van der Waals surface area contributed by atoms with Gasteiger partial charge in [0.1, 0.15) is 0 Å². The molecule has 2 aromatic heterocycles. The van der Waals surface area contributed by atoms with Crippen LogP contribution in [-0.2, 0) is 9.73 Å². The minimum absolute atomic E-state index is 0.512. The fraction of sp³-hybridized carbons (Fsp3) is 0.133. The summed E-state index contributed by atoms with van der Waals surface area (Å²) in [5, 5.41) is 3.86. The molecule has 0 amide bonds. The molecule has 0 N–H and O–H groups in total. The minimum atomic E-state index is -2.50. The molecule has 0 saturated heterocycles. The molecule has 0 spiro atoms. The van der Waals surface area contributed by atoms with Crippen molar-refractivity contribution in [3.63, 3.8) is 0 Å². The van der Waals surface area contributed by atoms with E-state index in [0.717, 1.165) is 5.56 Å². The maximum Gasteiger partial charge on any atom is 0.223 e. The van der Waals surface area contributed by atoms with E-state index in [9.17, 15) is 4.21 Å². The highest BCUT2D eigenvalue weighted by molar-refractivity contribution is 7.93. The van der Waals surface area contributed by atoms with Crippen LogP contribution in [0.15, 0.2) is 62.6 Å². The van der Waals surface area contributed by atoms with Crippen LogP contribution >= 0.6 is 0 Å². The van der Waals surface area contributed by atoms with E-state index in [1.807, 2.05) is 12.1 Å². The molecule has 0 fully saturated rings. The van der Waals surface area contributed by atoms with Crippen LogP contribution in [0.25, 0.3) is 11.4 Å². The predicted octanol–water partition coefficient (Wildman–Crippen LogP) is 3.23. The Morgan fingerprint density at radius 1 is 1.09 bits per heavy atom. The number of benzene rings is 1. The summed E-state index contributed by atoms with van der Waals surface area (Å²) in [5.74, 6) is 1.04. The maximum absolute atomic E-state index is 12.7. The second-order valence-corrected chi connectivity index (χ2v) is 7.02. The van der Waals surface area contributed by atoms with Gasteiger partial charge in [0.25, 0.3) is 0 Å². The van der Waals surface area contributed by atoms with E-state index in [1.165, 1.54) is 0 Å². The fourth-order valence-electron chi connectivity index (χ4n) is 1.93. The Labute approximate surface area is 128 Å². The summed E-state index contributed by atoms with van der Waals surface area (Å²) in [6, 6.07) is 10.6. The first-order valence-electron chi connectivity index (χ1n) is 6.57. The summed E-state index contributed by atoms with van der Waals surface area (Å²) in [7, 11) is -2.50.